The molecule has 7 heteroatoms. The third-order valence-corrected chi connectivity index (χ3v) is 4.35. The summed E-state index contributed by atoms with van der Waals surface area (Å²) in [6.07, 6.45) is 6.64. The first-order valence-corrected chi connectivity index (χ1v) is 7.04. The van der Waals surface area contributed by atoms with Crippen LogP contribution < -0.4 is 5.73 Å². The van der Waals surface area contributed by atoms with Gasteiger partial charge in [-0.05, 0) is 18.1 Å². The van der Waals surface area contributed by atoms with E-state index in [1.165, 1.54) is 18.5 Å². The maximum absolute atomic E-state index is 12.1. The van der Waals surface area contributed by atoms with E-state index in [1.54, 1.807) is 24.1 Å². The Morgan fingerprint density at radius 2 is 2.17 bits per heavy atom. The number of hydrogen-bond acceptors (Lipinski definition) is 5. The highest BCUT2D eigenvalue weighted by atomic mass is 32.2. The van der Waals surface area contributed by atoms with Crippen molar-refractivity contribution < 1.29 is 8.42 Å². The molecule has 0 atom stereocenters. The molecular weight excluding hydrogens is 252 g/mol. The zero-order valence-electron chi connectivity index (χ0n) is 9.94. The molecule has 0 aliphatic heterocycles. The van der Waals surface area contributed by atoms with Gasteiger partial charge in [0, 0.05) is 19.4 Å². The van der Waals surface area contributed by atoms with Gasteiger partial charge in [-0.3, -0.25) is 9.67 Å². The molecule has 18 heavy (non-hydrogen) atoms. The molecule has 6 nitrogen and oxygen atoms in total. The summed E-state index contributed by atoms with van der Waals surface area (Å²) in [5.41, 5.74) is 6.69. The Kier molecular flexibility index (Phi) is 3.33. The third-order valence-electron chi connectivity index (χ3n) is 2.56. The highest BCUT2D eigenvalue weighted by Crippen LogP contribution is 2.18. The molecule has 0 radical (unpaired) electrons. The van der Waals surface area contributed by atoms with Crippen LogP contribution in [0.3, 0.4) is 0 Å². The molecule has 0 amide bonds. The van der Waals surface area contributed by atoms with E-state index in [-0.39, 0.29) is 16.3 Å². The smallest absolute Gasteiger partial charge is 0.180 e. The highest BCUT2D eigenvalue weighted by Gasteiger charge is 2.17. The zero-order chi connectivity index (χ0) is 13.2. The maximum atomic E-state index is 12.1. The molecule has 96 valence electrons. The maximum Gasteiger partial charge on any atom is 0.180 e. The van der Waals surface area contributed by atoms with Crippen LogP contribution in [0.1, 0.15) is 5.56 Å². The average Bonchev–Trinajstić information content (AvgIpc) is 2.73. The van der Waals surface area contributed by atoms with Gasteiger partial charge < -0.3 is 5.73 Å². The predicted molar refractivity (Wildman–Crippen MR) is 67.6 cm³/mol. The Balaban J connectivity index is 2.16. The standard InChI is InChI=1S/C11H14N4O2S/c1-15-8-9(6-14-15)3-5-18(16,17)11-2-4-13-7-10(11)12/h2,4,6-8H,3,5,12H2,1H3. The average molecular weight is 266 g/mol. The quantitative estimate of drug-likeness (QED) is 0.865. The van der Waals surface area contributed by atoms with Gasteiger partial charge >= 0.3 is 0 Å². The van der Waals surface area contributed by atoms with Gasteiger partial charge in [-0.1, -0.05) is 0 Å². The van der Waals surface area contributed by atoms with E-state index in [9.17, 15) is 8.42 Å². The van der Waals surface area contributed by atoms with Crippen molar-refractivity contribution in [3.8, 4) is 0 Å². The fraction of sp³-hybridized carbons (Fsp3) is 0.273. The highest BCUT2D eigenvalue weighted by molar-refractivity contribution is 7.91. The van der Waals surface area contributed by atoms with Crippen LogP contribution >= 0.6 is 0 Å². The second kappa shape index (κ2) is 4.77. The molecule has 0 aromatic carbocycles. The Morgan fingerprint density at radius 1 is 1.39 bits per heavy atom. The number of nitrogen functional groups attached to an aromatic ring is 1. The number of rotatable bonds is 4. The summed E-state index contributed by atoms with van der Waals surface area (Å²) in [6, 6.07) is 1.42. The van der Waals surface area contributed by atoms with Crippen LogP contribution in [0.25, 0.3) is 0 Å². The van der Waals surface area contributed by atoms with Crippen LogP contribution in [-0.2, 0) is 23.3 Å². The van der Waals surface area contributed by atoms with E-state index >= 15 is 0 Å². The molecule has 2 rings (SSSR count). The number of sulfone groups is 1. The van der Waals surface area contributed by atoms with Crippen molar-refractivity contribution in [2.75, 3.05) is 11.5 Å². The molecule has 2 heterocycles. The minimum absolute atomic E-state index is 0.00685. The number of hydrogen-bond donors (Lipinski definition) is 1. The molecule has 0 unspecified atom stereocenters. The normalized spacial score (nSPS) is 11.6. The van der Waals surface area contributed by atoms with E-state index < -0.39 is 9.84 Å². The number of pyridine rings is 1. The topological polar surface area (TPSA) is 90.9 Å². The zero-order valence-corrected chi connectivity index (χ0v) is 10.8. The molecule has 0 aliphatic carbocycles. The minimum atomic E-state index is -3.38. The molecule has 0 saturated carbocycles. The van der Waals surface area contributed by atoms with E-state index in [2.05, 4.69) is 10.1 Å². The lowest BCUT2D eigenvalue weighted by Crippen LogP contribution is -2.11. The summed E-state index contributed by atoms with van der Waals surface area (Å²) in [6.45, 7) is 0. The summed E-state index contributed by atoms with van der Waals surface area (Å²) < 4.78 is 25.8. The van der Waals surface area contributed by atoms with E-state index in [4.69, 9.17) is 5.73 Å². The van der Waals surface area contributed by atoms with Crippen LogP contribution in [0, 0.1) is 0 Å². The lowest BCUT2D eigenvalue weighted by molar-refractivity contribution is 0.595. The van der Waals surface area contributed by atoms with Crippen molar-refractivity contribution >= 4 is 15.5 Å². The first kappa shape index (κ1) is 12.6. The van der Waals surface area contributed by atoms with Crippen LogP contribution in [0.4, 0.5) is 5.69 Å². The minimum Gasteiger partial charge on any atom is -0.396 e. The Morgan fingerprint density at radius 3 is 2.78 bits per heavy atom. The molecular formula is C11H14N4O2S. The van der Waals surface area contributed by atoms with Gasteiger partial charge in [0.1, 0.15) is 0 Å². The summed E-state index contributed by atoms with van der Waals surface area (Å²) in [7, 11) is -1.59. The van der Waals surface area contributed by atoms with Gasteiger partial charge in [0.25, 0.3) is 0 Å². The molecule has 2 aromatic rings. The largest absolute Gasteiger partial charge is 0.396 e. The molecule has 2 N–H and O–H groups in total. The predicted octanol–water partition coefficient (Wildman–Crippen LogP) is 0.414. The van der Waals surface area contributed by atoms with Crippen LogP contribution in [0.15, 0.2) is 35.7 Å². The van der Waals surface area contributed by atoms with Gasteiger partial charge in [-0.25, -0.2) is 8.42 Å². The Labute approximate surface area is 105 Å². The van der Waals surface area contributed by atoms with Crippen LogP contribution in [0.2, 0.25) is 0 Å². The van der Waals surface area contributed by atoms with Gasteiger partial charge in [-0.2, -0.15) is 5.10 Å². The number of aryl methyl sites for hydroxylation is 2. The summed E-state index contributed by atoms with van der Waals surface area (Å²) >= 11 is 0. The van der Waals surface area contributed by atoms with Gasteiger partial charge in [0.2, 0.25) is 0 Å². The number of aromatic nitrogens is 3. The van der Waals surface area contributed by atoms with Gasteiger partial charge in [0.15, 0.2) is 9.84 Å². The van der Waals surface area contributed by atoms with E-state index in [0.717, 1.165) is 5.56 Å². The second-order valence-corrected chi connectivity index (χ2v) is 6.08. The Hall–Kier alpha value is -1.89. The molecule has 0 aliphatic rings. The van der Waals surface area contributed by atoms with E-state index in [1.807, 2.05) is 0 Å². The van der Waals surface area contributed by atoms with Crippen LogP contribution in [-0.4, -0.2) is 28.9 Å². The fourth-order valence-corrected chi connectivity index (χ4v) is 3.04. The summed E-state index contributed by atoms with van der Waals surface area (Å²) in [5.74, 6) is 0.00685. The molecule has 2 aromatic heterocycles. The third kappa shape index (κ3) is 2.67. The molecule has 0 bridgehead atoms. The second-order valence-electron chi connectivity index (χ2n) is 4.00. The number of nitrogens with zero attached hydrogens (tertiary/aromatic N) is 3. The van der Waals surface area contributed by atoms with Crippen molar-refractivity contribution in [1.82, 2.24) is 14.8 Å². The van der Waals surface area contributed by atoms with E-state index in [0.29, 0.717) is 6.42 Å². The van der Waals surface area contributed by atoms with Crippen molar-refractivity contribution in [3.63, 3.8) is 0 Å². The van der Waals surface area contributed by atoms with Crippen molar-refractivity contribution in [1.29, 1.82) is 0 Å². The monoisotopic (exact) mass is 266 g/mol. The van der Waals surface area contributed by atoms with Gasteiger partial charge in [-0.15, -0.1) is 0 Å². The fourth-order valence-electron chi connectivity index (χ4n) is 1.64. The van der Waals surface area contributed by atoms with Crippen molar-refractivity contribution in [2.45, 2.75) is 11.3 Å². The molecule has 0 spiro atoms. The number of anilines is 1. The lowest BCUT2D eigenvalue weighted by Gasteiger charge is -2.05. The summed E-state index contributed by atoms with van der Waals surface area (Å²) in [4.78, 5) is 3.92. The SMILES string of the molecule is Cn1cc(CCS(=O)(=O)c2ccncc2N)cn1. The lowest BCUT2D eigenvalue weighted by atomic mass is 10.3. The first-order chi connectivity index (χ1) is 8.49. The number of nitrogens with two attached hydrogens (primary N) is 1. The molecule has 0 saturated heterocycles. The van der Waals surface area contributed by atoms with Crippen molar-refractivity contribution in [2.24, 2.45) is 7.05 Å². The Bertz CT molecular complexity index is 649. The first-order valence-electron chi connectivity index (χ1n) is 5.39. The van der Waals surface area contributed by atoms with Crippen LogP contribution in [0.5, 0.6) is 0 Å². The van der Waals surface area contributed by atoms with Gasteiger partial charge in [0.05, 0.1) is 28.7 Å². The molecule has 0 fully saturated rings. The summed E-state index contributed by atoms with van der Waals surface area (Å²) in [5, 5.41) is 3.99. The van der Waals surface area contributed by atoms with Crippen molar-refractivity contribution in [3.05, 3.63) is 36.4 Å².